The third-order valence-electron chi connectivity index (χ3n) is 3.44. The molecule has 1 aliphatic rings. The first kappa shape index (κ1) is 12.9. The first-order chi connectivity index (χ1) is 9.81. The minimum Gasteiger partial charge on any atom is -0.465 e. The lowest BCUT2D eigenvalue weighted by atomic mass is 10.1. The van der Waals surface area contributed by atoms with Crippen molar-refractivity contribution in [3.05, 3.63) is 48.0 Å². The topological polar surface area (TPSA) is 56.1 Å². The van der Waals surface area contributed by atoms with Crippen LogP contribution in [0.15, 0.2) is 36.7 Å². The Hall–Kier alpha value is -2.14. The van der Waals surface area contributed by atoms with E-state index in [1.54, 1.807) is 6.33 Å². The van der Waals surface area contributed by atoms with E-state index >= 15 is 0 Å². The largest absolute Gasteiger partial charge is 0.465 e. The van der Waals surface area contributed by atoms with Gasteiger partial charge in [-0.05, 0) is 19.1 Å². The standard InChI is InChI=1S/C15H17N3O2/c1-2-20-15(19)14-13-12(8-9-16-14)18(10-17-13)11-6-4-3-5-7-11/h3-7,10,14,16H,2,8-9H2,1H3. The van der Waals surface area contributed by atoms with E-state index in [9.17, 15) is 4.79 Å². The highest BCUT2D eigenvalue weighted by Gasteiger charge is 2.31. The highest BCUT2D eigenvalue weighted by molar-refractivity contribution is 5.77. The molecule has 1 aliphatic heterocycles. The van der Waals surface area contributed by atoms with Crippen LogP contribution in [0.25, 0.3) is 5.69 Å². The Morgan fingerprint density at radius 3 is 3.00 bits per heavy atom. The van der Waals surface area contributed by atoms with Crippen molar-refractivity contribution in [2.45, 2.75) is 19.4 Å². The van der Waals surface area contributed by atoms with Crippen LogP contribution < -0.4 is 5.32 Å². The number of fused-ring (bicyclic) bond motifs is 1. The molecule has 5 nitrogen and oxygen atoms in total. The Bertz CT molecular complexity index is 607. The van der Waals surface area contributed by atoms with Crippen LogP contribution in [-0.4, -0.2) is 28.7 Å². The van der Waals surface area contributed by atoms with Gasteiger partial charge in [0.25, 0.3) is 0 Å². The fourth-order valence-corrected chi connectivity index (χ4v) is 2.54. The van der Waals surface area contributed by atoms with Gasteiger partial charge in [0, 0.05) is 24.3 Å². The first-order valence-corrected chi connectivity index (χ1v) is 6.83. The van der Waals surface area contributed by atoms with E-state index in [0.717, 1.165) is 30.0 Å². The molecule has 5 heteroatoms. The summed E-state index contributed by atoms with van der Waals surface area (Å²) in [5, 5.41) is 3.17. The van der Waals surface area contributed by atoms with Gasteiger partial charge in [0.15, 0.2) is 6.04 Å². The predicted octanol–water partition coefficient (Wildman–Crippen LogP) is 1.62. The van der Waals surface area contributed by atoms with Crippen LogP contribution in [0.1, 0.15) is 24.4 Å². The first-order valence-electron chi connectivity index (χ1n) is 6.83. The second kappa shape index (κ2) is 5.46. The number of hydrogen-bond acceptors (Lipinski definition) is 4. The van der Waals surface area contributed by atoms with Gasteiger partial charge in [0.05, 0.1) is 18.6 Å². The number of para-hydroxylation sites is 1. The number of carbonyl (C=O) groups excluding carboxylic acids is 1. The van der Waals surface area contributed by atoms with E-state index < -0.39 is 6.04 Å². The van der Waals surface area contributed by atoms with Crippen LogP contribution in [0.2, 0.25) is 0 Å². The van der Waals surface area contributed by atoms with Gasteiger partial charge in [-0.1, -0.05) is 18.2 Å². The van der Waals surface area contributed by atoms with Crippen LogP contribution >= 0.6 is 0 Å². The number of nitrogens with zero attached hydrogens (tertiary/aromatic N) is 2. The lowest BCUT2D eigenvalue weighted by Gasteiger charge is -2.22. The lowest BCUT2D eigenvalue weighted by molar-refractivity contribution is -0.146. The molecule has 0 saturated heterocycles. The second-order valence-corrected chi connectivity index (χ2v) is 4.67. The summed E-state index contributed by atoms with van der Waals surface area (Å²) in [6.45, 7) is 2.94. The van der Waals surface area contributed by atoms with Gasteiger partial charge < -0.3 is 9.30 Å². The van der Waals surface area contributed by atoms with Crippen LogP contribution in [0.4, 0.5) is 0 Å². The summed E-state index contributed by atoms with van der Waals surface area (Å²) in [5.41, 5.74) is 2.91. The molecular formula is C15H17N3O2. The molecule has 2 aromatic rings. The average Bonchev–Trinajstić information content (AvgIpc) is 2.92. The summed E-state index contributed by atoms with van der Waals surface area (Å²) in [5.74, 6) is -0.258. The van der Waals surface area contributed by atoms with Crippen LogP contribution in [0.3, 0.4) is 0 Å². The second-order valence-electron chi connectivity index (χ2n) is 4.67. The molecule has 0 aliphatic carbocycles. The molecular weight excluding hydrogens is 254 g/mol. The Balaban J connectivity index is 1.97. The van der Waals surface area contributed by atoms with E-state index in [2.05, 4.69) is 10.3 Å². The van der Waals surface area contributed by atoms with Crippen molar-refractivity contribution in [1.82, 2.24) is 14.9 Å². The SMILES string of the molecule is CCOC(=O)C1NCCc2c1ncn2-c1ccccc1. The molecule has 1 N–H and O–H groups in total. The summed E-state index contributed by atoms with van der Waals surface area (Å²) >= 11 is 0. The maximum absolute atomic E-state index is 12.0. The van der Waals surface area contributed by atoms with E-state index in [-0.39, 0.29) is 5.97 Å². The van der Waals surface area contributed by atoms with Crippen molar-refractivity contribution < 1.29 is 9.53 Å². The fraction of sp³-hybridized carbons (Fsp3) is 0.333. The highest BCUT2D eigenvalue weighted by Crippen LogP contribution is 2.25. The number of hydrogen-bond donors (Lipinski definition) is 1. The van der Waals surface area contributed by atoms with Gasteiger partial charge in [-0.2, -0.15) is 0 Å². The van der Waals surface area contributed by atoms with Gasteiger partial charge in [0.1, 0.15) is 0 Å². The molecule has 0 saturated carbocycles. The van der Waals surface area contributed by atoms with Crippen LogP contribution in [0.5, 0.6) is 0 Å². The molecule has 1 atom stereocenters. The number of benzene rings is 1. The van der Waals surface area contributed by atoms with E-state index in [0.29, 0.717) is 6.61 Å². The summed E-state index contributed by atoms with van der Waals surface area (Å²) < 4.78 is 7.15. The Kier molecular flexibility index (Phi) is 3.52. The van der Waals surface area contributed by atoms with Crippen molar-refractivity contribution in [3.63, 3.8) is 0 Å². The van der Waals surface area contributed by atoms with Crippen LogP contribution in [-0.2, 0) is 16.0 Å². The molecule has 1 aromatic carbocycles. The maximum atomic E-state index is 12.0. The number of rotatable bonds is 3. The fourth-order valence-electron chi connectivity index (χ4n) is 2.54. The van der Waals surface area contributed by atoms with E-state index in [1.165, 1.54) is 0 Å². The number of esters is 1. The molecule has 0 spiro atoms. The van der Waals surface area contributed by atoms with Gasteiger partial charge >= 0.3 is 5.97 Å². The predicted molar refractivity (Wildman–Crippen MR) is 74.6 cm³/mol. The zero-order valence-electron chi connectivity index (χ0n) is 11.4. The zero-order valence-corrected chi connectivity index (χ0v) is 11.4. The Labute approximate surface area is 117 Å². The van der Waals surface area contributed by atoms with Crippen molar-refractivity contribution in [2.75, 3.05) is 13.2 Å². The van der Waals surface area contributed by atoms with Gasteiger partial charge in [-0.3, -0.25) is 5.32 Å². The number of ether oxygens (including phenoxy) is 1. The number of aromatic nitrogens is 2. The highest BCUT2D eigenvalue weighted by atomic mass is 16.5. The van der Waals surface area contributed by atoms with Crippen molar-refractivity contribution in [2.24, 2.45) is 0 Å². The number of carbonyl (C=O) groups is 1. The van der Waals surface area contributed by atoms with Gasteiger partial charge in [-0.25, -0.2) is 9.78 Å². The quantitative estimate of drug-likeness (QED) is 0.862. The lowest BCUT2D eigenvalue weighted by Crippen LogP contribution is -2.36. The molecule has 0 amide bonds. The van der Waals surface area contributed by atoms with E-state index in [1.807, 2.05) is 41.8 Å². The van der Waals surface area contributed by atoms with Crippen molar-refractivity contribution >= 4 is 5.97 Å². The molecule has 20 heavy (non-hydrogen) atoms. The maximum Gasteiger partial charge on any atom is 0.329 e. The smallest absolute Gasteiger partial charge is 0.329 e. The van der Waals surface area contributed by atoms with Gasteiger partial charge in [-0.15, -0.1) is 0 Å². The minimum atomic E-state index is -0.455. The van der Waals surface area contributed by atoms with Crippen LogP contribution in [0, 0.1) is 0 Å². The number of nitrogens with one attached hydrogen (secondary N) is 1. The number of imidazole rings is 1. The molecule has 1 aromatic heterocycles. The molecule has 0 fully saturated rings. The molecule has 0 radical (unpaired) electrons. The summed E-state index contributed by atoms with van der Waals surface area (Å²) in [4.78, 5) is 16.4. The molecule has 2 heterocycles. The molecule has 3 rings (SSSR count). The third kappa shape index (κ3) is 2.20. The monoisotopic (exact) mass is 271 g/mol. The molecule has 1 unspecified atom stereocenters. The van der Waals surface area contributed by atoms with E-state index in [4.69, 9.17) is 4.74 Å². The summed E-state index contributed by atoms with van der Waals surface area (Å²) in [6.07, 6.45) is 2.62. The van der Waals surface area contributed by atoms with Crippen molar-refractivity contribution in [3.8, 4) is 5.69 Å². The van der Waals surface area contributed by atoms with Gasteiger partial charge in [0.2, 0.25) is 0 Å². The Morgan fingerprint density at radius 1 is 1.45 bits per heavy atom. The third-order valence-corrected chi connectivity index (χ3v) is 3.44. The molecule has 0 bridgehead atoms. The summed E-state index contributed by atoms with van der Waals surface area (Å²) in [6, 6.07) is 9.57. The van der Waals surface area contributed by atoms with Crippen molar-refractivity contribution in [1.29, 1.82) is 0 Å². The zero-order chi connectivity index (χ0) is 13.9. The Morgan fingerprint density at radius 2 is 2.25 bits per heavy atom. The molecule has 104 valence electrons. The minimum absolute atomic E-state index is 0.258. The normalized spacial score (nSPS) is 17.6. The average molecular weight is 271 g/mol. The summed E-state index contributed by atoms with van der Waals surface area (Å²) in [7, 11) is 0.